The number of nitrogens with one attached hydrogen (secondary N) is 2. The van der Waals surface area contributed by atoms with E-state index in [0.29, 0.717) is 30.7 Å². The van der Waals surface area contributed by atoms with Crippen molar-refractivity contribution in [3.63, 3.8) is 0 Å². The summed E-state index contributed by atoms with van der Waals surface area (Å²) in [5, 5.41) is 7.75. The molecule has 2 unspecified atom stereocenters. The van der Waals surface area contributed by atoms with Crippen LogP contribution < -0.4 is 15.2 Å². The normalized spacial score (nSPS) is 14.7. The van der Waals surface area contributed by atoms with Gasteiger partial charge in [-0.05, 0) is 41.9 Å². The largest absolute Gasteiger partial charge is 0.455 e. The third kappa shape index (κ3) is 12.4. The third-order valence-corrected chi connectivity index (χ3v) is 9.54. The topological polar surface area (TPSA) is 167 Å². The number of anilines is 1. The van der Waals surface area contributed by atoms with Crippen LogP contribution in [0.2, 0.25) is 0 Å². The summed E-state index contributed by atoms with van der Waals surface area (Å²) in [6, 6.07) is 4.42. The molecule has 0 fully saturated rings. The Labute approximate surface area is 283 Å². The molecule has 14 heteroatoms. The van der Waals surface area contributed by atoms with E-state index in [0.717, 1.165) is 12.0 Å². The Morgan fingerprint density at radius 2 is 1.79 bits per heavy atom. The molecule has 2 aromatic rings. The molecule has 262 valence electrons. The first-order chi connectivity index (χ1) is 22.1. The second-order valence-corrected chi connectivity index (χ2v) is 14.4. The third-order valence-electron chi connectivity index (χ3n) is 8.24. The molecule has 0 bridgehead atoms. The first-order valence-corrected chi connectivity index (χ1v) is 18.0. The Bertz CT molecular complexity index is 1340. The highest BCUT2D eigenvalue weighted by molar-refractivity contribution is 7.39. The summed E-state index contributed by atoms with van der Waals surface area (Å²) >= 11 is 1.23. The van der Waals surface area contributed by atoms with Gasteiger partial charge < -0.3 is 34.6 Å². The first kappa shape index (κ1) is 40.1. The highest BCUT2D eigenvalue weighted by Gasteiger charge is 2.32. The molecule has 3 amide bonds. The minimum absolute atomic E-state index is 0.0345. The molecule has 0 saturated heterocycles. The maximum atomic E-state index is 13.6. The van der Waals surface area contributed by atoms with Gasteiger partial charge in [0.05, 0.1) is 5.69 Å². The van der Waals surface area contributed by atoms with E-state index in [2.05, 4.69) is 22.5 Å². The van der Waals surface area contributed by atoms with E-state index in [1.807, 2.05) is 41.5 Å². The lowest BCUT2D eigenvalue weighted by atomic mass is 9.87. The van der Waals surface area contributed by atoms with Gasteiger partial charge in [-0.3, -0.25) is 19.2 Å². The van der Waals surface area contributed by atoms with Crippen molar-refractivity contribution < 1.29 is 38.2 Å². The Hall–Kier alpha value is -3.12. The SMILES string of the molecule is CC[C@H](C)CC(=O)N(C)C(C[C@@H](OC(C)=O)c1nc(C(=O)NC(CC(C)C)[C@@H](C)c2ccc(OP(O)O)c(NC=O)c2)cs1)C(C)C. The predicted molar refractivity (Wildman–Crippen MR) is 184 cm³/mol. The van der Waals surface area contributed by atoms with Crippen molar-refractivity contribution in [1.29, 1.82) is 0 Å². The number of thiazole rings is 1. The molecule has 1 aromatic carbocycles. The molecule has 5 atom stereocenters. The zero-order chi connectivity index (χ0) is 35.4. The standard InChI is InChI=1S/C33H51N4O8PS/c1-10-21(6)14-31(40)37(9)28(20(4)5)16-30(44-23(8)39)33-36-27(17-47-33)32(41)35-25(13-19(2)3)22(7)24-11-12-29(45-46(42)43)26(15-24)34-18-38/h11-12,15,17-22,25,28,30,42-43H,10,13-14,16H2,1-9H3,(H,34,38)(H,35,41)/t21-,22-,25?,28?,30+/m0/s1. The van der Waals surface area contributed by atoms with Gasteiger partial charge in [0, 0.05) is 50.2 Å². The van der Waals surface area contributed by atoms with Gasteiger partial charge in [0.2, 0.25) is 12.3 Å². The molecule has 0 aliphatic rings. The Kier molecular flexibility index (Phi) is 16.2. The summed E-state index contributed by atoms with van der Waals surface area (Å²) in [6.45, 7) is 15.5. The number of carbonyl (C=O) groups excluding carboxylic acids is 4. The minimum atomic E-state index is -2.68. The van der Waals surface area contributed by atoms with Crippen LogP contribution in [0.4, 0.5) is 5.69 Å². The molecular weight excluding hydrogens is 643 g/mol. The lowest BCUT2D eigenvalue weighted by Gasteiger charge is -2.34. The molecule has 1 heterocycles. The van der Waals surface area contributed by atoms with Crippen LogP contribution in [-0.2, 0) is 19.1 Å². The van der Waals surface area contributed by atoms with Crippen molar-refractivity contribution in [2.45, 2.75) is 105 Å². The maximum absolute atomic E-state index is 13.6. The summed E-state index contributed by atoms with van der Waals surface area (Å²) < 4.78 is 10.7. The van der Waals surface area contributed by atoms with E-state index in [1.54, 1.807) is 29.5 Å². The van der Waals surface area contributed by atoms with Gasteiger partial charge in [-0.15, -0.1) is 11.3 Å². The Balaban J connectivity index is 2.32. The van der Waals surface area contributed by atoms with Crippen LogP contribution in [-0.4, -0.2) is 63.0 Å². The van der Waals surface area contributed by atoms with Gasteiger partial charge in [0.1, 0.15) is 10.7 Å². The first-order valence-electron chi connectivity index (χ1n) is 16.0. The van der Waals surface area contributed by atoms with E-state index in [9.17, 15) is 29.0 Å². The average molecular weight is 695 g/mol. The molecule has 12 nitrogen and oxygen atoms in total. The smallest absolute Gasteiger partial charge is 0.391 e. The lowest BCUT2D eigenvalue weighted by Crippen LogP contribution is -2.42. The molecule has 0 saturated carbocycles. The van der Waals surface area contributed by atoms with Crippen LogP contribution >= 0.6 is 19.9 Å². The van der Waals surface area contributed by atoms with Gasteiger partial charge in [-0.1, -0.05) is 61.0 Å². The summed E-state index contributed by atoms with van der Waals surface area (Å²) in [7, 11) is -0.897. The monoisotopic (exact) mass is 694 g/mol. The fraction of sp³-hybridized carbons (Fsp3) is 0.606. The van der Waals surface area contributed by atoms with E-state index in [4.69, 9.17) is 9.26 Å². The van der Waals surface area contributed by atoms with Gasteiger partial charge in [-0.25, -0.2) is 4.98 Å². The van der Waals surface area contributed by atoms with E-state index < -0.39 is 20.7 Å². The van der Waals surface area contributed by atoms with E-state index >= 15 is 0 Å². The Morgan fingerprint density at radius 1 is 1.11 bits per heavy atom. The van der Waals surface area contributed by atoms with Crippen molar-refractivity contribution in [1.82, 2.24) is 15.2 Å². The van der Waals surface area contributed by atoms with Gasteiger partial charge in [0.25, 0.3) is 5.91 Å². The average Bonchev–Trinajstić information content (AvgIpc) is 3.49. The molecule has 47 heavy (non-hydrogen) atoms. The second kappa shape index (κ2) is 19.0. The van der Waals surface area contributed by atoms with Gasteiger partial charge in [-0.2, -0.15) is 0 Å². The fourth-order valence-electron chi connectivity index (χ4n) is 5.35. The highest BCUT2D eigenvalue weighted by Crippen LogP contribution is 2.37. The lowest BCUT2D eigenvalue weighted by molar-refractivity contribution is -0.148. The summed E-state index contributed by atoms with van der Waals surface area (Å²) in [5.74, 6) is -0.361. The van der Waals surface area contributed by atoms with E-state index in [-0.39, 0.29) is 64.7 Å². The second-order valence-electron chi connectivity index (χ2n) is 12.8. The number of hydrogen-bond acceptors (Lipinski definition) is 10. The van der Waals surface area contributed by atoms with Gasteiger partial charge in [0.15, 0.2) is 11.9 Å². The molecule has 0 aliphatic heterocycles. The van der Waals surface area contributed by atoms with Crippen molar-refractivity contribution in [2.24, 2.45) is 17.8 Å². The van der Waals surface area contributed by atoms with E-state index in [1.165, 1.54) is 24.3 Å². The number of carbonyl (C=O) groups is 4. The number of benzene rings is 1. The molecule has 1 aromatic heterocycles. The highest BCUT2D eigenvalue weighted by atomic mass is 32.1. The van der Waals surface area contributed by atoms with Crippen molar-refractivity contribution in [2.75, 3.05) is 12.4 Å². The number of nitrogens with zero attached hydrogens (tertiary/aromatic N) is 2. The van der Waals surface area contributed by atoms with Crippen LogP contribution in [0.1, 0.15) is 114 Å². The quantitative estimate of drug-likeness (QED) is 0.0765. The van der Waals surface area contributed by atoms with Crippen molar-refractivity contribution in [3.05, 3.63) is 39.8 Å². The summed E-state index contributed by atoms with van der Waals surface area (Å²) in [5.41, 5.74) is 1.24. The minimum Gasteiger partial charge on any atom is -0.455 e. The van der Waals surface area contributed by atoms with Crippen LogP contribution in [0.25, 0.3) is 0 Å². The van der Waals surface area contributed by atoms with Crippen LogP contribution in [0, 0.1) is 17.8 Å². The number of ether oxygens (including phenoxy) is 1. The number of hydrogen-bond donors (Lipinski definition) is 4. The fourth-order valence-corrected chi connectivity index (χ4v) is 6.53. The molecule has 4 N–H and O–H groups in total. The van der Waals surface area contributed by atoms with Crippen LogP contribution in [0.3, 0.4) is 0 Å². The number of esters is 1. The van der Waals surface area contributed by atoms with Gasteiger partial charge >= 0.3 is 14.6 Å². The van der Waals surface area contributed by atoms with Crippen LogP contribution in [0.5, 0.6) is 5.75 Å². The molecule has 0 spiro atoms. The zero-order valence-corrected chi connectivity index (χ0v) is 30.6. The summed E-state index contributed by atoms with van der Waals surface area (Å²) in [4.78, 5) is 74.9. The number of amides is 3. The Morgan fingerprint density at radius 3 is 2.34 bits per heavy atom. The maximum Gasteiger partial charge on any atom is 0.391 e. The number of aromatic nitrogens is 1. The van der Waals surface area contributed by atoms with Crippen molar-refractivity contribution in [3.8, 4) is 5.75 Å². The molecule has 2 rings (SSSR count). The molecule has 0 radical (unpaired) electrons. The van der Waals surface area contributed by atoms with Crippen molar-refractivity contribution >= 4 is 49.8 Å². The van der Waals surface area contributed by atoms with Crippen LogP contribution in [0.15, 0.2) is 23.6 Å². The number of rotatable bonds is 19. The predicted octanol–water partition coefficient (Wildman–Crippen LogP) is 6.16. The summed E-state index contributed by atoms with van der Waals surface area (Å²) in [6.07, 6.45) is 2.05. The molecular formula is C33H51N4O8PS. The molecule has 0 aliphatic carbocycles. The zero-order valence-electron chi connectivity index (χ0n) is 28.9.